The highest BCUT2D eigenvalue weighted by Gasteiger charge is 2.61. The molecule has 3 fully saturated rings. The molecule has 3 heterocycles. The number of carbonyl (C=O) groups excluding carboxylic acids is 3. The van der Waals surface area contributed by atoms with Gasteiger partial charge in [0.2, 0.25) is 5.91 Å². The maximum atomic E-state index is 12.8. The third-order valence-corrected chi connectivity index (χ3v) is 6.55. The van der Waals surface area contributed by atoms with Gasteiger partial charge < -0.3 is 15.0 Å². The molecule has 35 heavy (non-hydrogen) atoms. The number of hydrogen-bond acceptors (Lipinski definition) is 5. The fraction of sp³-hybridized carbons (Fsp3) is 0.481. The van der Waals surface area contributed by atoms with Crippen LogP contribution in [0, 0.1) is 5.92 Å². The van der Waals surface area contributed by atoms with E-state index < -0.39 is 6.09 Å². The van der Waals surface area contributed by atoms with Crippen LogP contribution < -0.4 is 10.2 Å². The molecule has 2 aliphatic heterocycles. The second kappa shape index (κ2) is 11.3. The van der Waals surface area contributed by atoms with Crippen LogP contribution in [-0.2, 0) is 14.9 Å². The Kier molecular flexibility index (Phi) is 8.48. The van der Waals surface area contributed by atoms with Crippen LogP contribution in [0.25, 0.3) is 0 Å². The Hall–Kier alpha value is -3.42. The number of nitrogens with zero attached hydrogens (tertiary/aromatic N) is 3. The molecule has 1 aliphatic carbocycles. The summed E-state index contributed by atoms with van der Waals surface area (Å²) in [4.78, 5) is 43.7. The van der Waals surface area contributed by atoms with Crippen molar-refractivity contribution in [3.63, 3.8) is 0 Å². The van der Waals surface area contributed by atoms with Crippen molar-refractivity contribution in [1.29, 1.82) is 0 Å². The minimum Gasteiger partial charge on any atom is -0.442 e. The van der Waals surface area contributed by atoms with Crippen LogP contribution >= 0.6 is 0 Å². The SMILES string of the molecule is CC.CC.CC(=O)NCC1CN(c2ccc(C34CC3CN(C(=O)c3cccnc3)C4)cc2)C(=O)O1. The normalized spacial score (nSPS) is 23.7. The number of aromatic nitrogens is 1. The highest BCUT2D eigenvalue weighted by Crippen LogP contribution is 2.59. The van der Waals surface area contributed by atoms with E-state index >= 15 is 0 Å². The predicted octanol–water partition coefficient (Wildman–Crippen LogP) is 4.01. The van der Waals surface area contributed by atoms with E-state index in [9.17, 15) is 14.4 Å². The molecular formula is C27H36N4O4. The van der Waals surface area contributed by atoms with Crippen molar-refractivity contribution in [3.8, 4) is 0 Å². The van der Waals surface area contributed by atoms with E-state index in [0.717, 1.165) is 18.7 Å². The van der Waals surface area contributed by atoms with Gasteiger partial charge >= 0.3 is 6.09 Å². The van der Waals surface area contributed by atoms with Crippen molar-refractivity contribution >= 4 is 23.6 Å². The topological polar surface area (TPSA) is 91.8 Å². The molecule has 0 bridgehead atoms. The molecule has 1 aromatic heterocycles. The number of rotatable bonds is 5. The summed E-state index contributed by atoms with van der Waals surface area (Å²) in [5.41, 5.74) is 2.60. The zero-order valence-electron chi connectivity index (χ0n) is 21.3. The van der Waals surface area contributed by atoms with E-state index in [2.05, 4.69) is 22.4 Å². The van der Waals surface area contributed by atoms with Crippen LogP contribution in [0.2, 0.25) is 0 Å². The lowest BCUT2D eigenvalue weighted by Gasteiger charge is -2.22. The molecule has 188 valence electrons. The molecular weight excluding hydrogens is 444 g/mol. The smallest absolute Gasteiger partial charge is 0.414 e. The van der Waals surface area contributed by atoms with E-state index in [-0.39, 0.29) is 23.3 Å². The zero-order chi connectivity index (χ0) is 25.6. The number of piperidine rings is 1. The molecule has 5 rings (SSSR count). The van der Waals surface area contributed by atoms with E-state index in [1.54, 1.807) is 29.4 Å². The summed E-state index contributed by atoms with van der Waals surface area (Å²) >= 11 is 0. The second-order valence-corrected chi connectivity index (χ2v) is 8.58. The van der Waals surface area contributed by atoms with Gasteiger partial charge in [0.25, 0.3) is 5.91 Å². The lowest BCUT2D eigenvalue weighted by Crippen LogP contribution is -2.33. The van der Waals surface area contributed by atoms with Crippen LogP contribution in [0.5, 0.6) is 0 Å². The summed E-state index contributed by atoms with van der Waals surface area (Å²) < 4.78 is 5.34. The summed E-state index contributed by atoms with van der Waals surface area (Å²) in [5, 5.41) is 2.68. The summed E-state index contributed by atoms with van der Waals surface area (Å²) in [5.74, 6) is 0.351. The minimum absolute atomic E-state index is 0.00978. The molecule has 8 nitrogen and oxygen atoms in total. The van der Waals surface area contributed by atoms with Crippen LogP contribution in [-0.4, -0.2) is 60.1 Å². The van der Waals surface area contributed by atoms with Gasteiger partial charge in [0.05, 0.1) is 18.7 Å². The maximum Gasteiger partial charge on any atom is 0.414 e. The Balaban J connectivity index is 0.000000815. The van der Waals surface area contributed by atoms with Gasteiger partial charge in [-0.15, -0.1) is 0 Å². The number of amides is 3. The highest BCUT2D eigenvalue weighted by molar-refractivity contribution is 5.94. The van der Waals surface area contributed by atoms with Crippen molar-refractivity contribution in [2.45, 2.75) is 52.6 Å². The van der Waals surface area contributed by atoms with Gasteiger partial charge in [-0.3, -0.25) is 19.5 Å². The second-order valence-electron chi connectivity index (χ2n) is 8.58. The van der Waals surface area contributed by atoms with Gasteiger partial charge in [-0.2, -0.15) is 0 Å². The van der Waals surface area contributed by atoms with Crippen molar-refractivity contribution in [3.05, 3.63) is 59.9 Å². The van der Waals surface area contributed by atoms with Gasteiger partial charge in [-0.05, 0) is 42.2 Å². The molecule has 1 saturated carbocycles. The van der Waals surface area contributed by atoms with Crippen LogP contribution in [0.4, 0.5) is 10.5 Å². The molecule has 3 aliphatic rings. The number of ether oxygens (including phenoxy) is 1. The lowest BCUT2D eigenvalue weighted by molar-refractivity contribution is -0.119. The first kappa shape index (κ1) is 26.2. The Morgan fingerprint density at radius 2 is 1.83 bits per heavy atom. The quantitative estimate of drug-likeness (QED) is 0.698. The molecule has 1 N–H and O–H groups in total. The summed E-state index contributed by atoms with van der Waals surface area (Å²) in [6.07, 6.45) is 3.60. The van der Waals surface area contributed by atoms with E-state index in [1.807, 2.05) is 44.7 Å². The molecule has 8 heteroatoms. The molecule has 2 saturated heterocycles. The third kappa shape index (κ3) is 5.47. The molecule has 3 amide bonds. The van der Waals surface area contributed by atoms with Gasteiger partial charge in [-0.25, -0.2) is 4.79 Å². The Bertz CT molecular complexity index is 1030. The first-order valence-electron chi connectivity index (χ1n) is 12.5. The standard InChI is InChI=1S/C23H24N4O4.2C2H6/c1-15(28)25-11-20-13-27(22(30)31-20)19-6-4-17(5-7-19)23-9-18(23)12-26(14-23)21(29)16-3-2-8-24-10-16;2*1-2/h2-8,10,18,20H,9,11-14H2,1H3,(H,25,28);2*1-2H3. The average molecular weight is 481 g/mol. The molecule has 0 spiro atoms. The molecule has 0 radical (unpaired) electrons. The van der Waals surface area contributed by atoms with Crippen molar-refractivity contribution in [2.24, 2.45) is 5.92 Å². The monoisotopic (exact) mass is 480 g/mol. The summed E-state index contributed by atoms with van der Waals surface area (Å²) in [7, 11) is 0. The molecule has 3 atom stereocenters. The number of pyridine rings is 1. The van der Waals surface area contributed by atoms with E-state index in [4.69, 9.17) is 4.74 Å². The van der Waals surface area contributed by atoms with Crippen LogP contribution in [0.1, 0.15) is 57.0 Å². The number of hydrogen-bond donors (Lipinski definition) is 1. The van der Waals surface area contributed by atoms with Crippen molar-refractivity contribution in [2.75, 3.05) is 31.1 Å². The summed E-state index contributed by atoms with van der Waals surface area (Å²) in [6.45, 7) is 11.6. The van der Waals surface area contributed by atoms with Gasteiger partial charge in [0.1, 0.15) is 6.10 Å². The maximum absolute atomic E-state index is 12.8. The first-order valence-corrected chi connectivity index (χ1v) is 12.5. The Labute approximate surface area is 207 Å². The summed E-state index contributed by atoms with van der Waals surface area (Å²) in [6, 6.07) is 11.6. The zero-order valence-corrected chi connectivity index (χ0v) is 21.3. The predicted molar refractivity (Wildman–Crippen MR) is 135 cm³/mol. The van der Waals surface area contributed by atoms with Crippen LogP contribution in [0.3, 0.4) is 0 Å². The van der Waals surface area contributed by atoms with Crippen molar-refractivity contribution < 1.29 is 19.1 Å². The van der Waals surface area contributed by atoms with Gasteiger partial charge in [0.15, 0.2) is 0 Å². The number of benzene rings is 1. The highest BCUT2D eigenvalue weighted by atomic mass is 16.6. The number of fused-ring (bicyclic) bond motifs is 1. The number of anilines is 1. The van der Waals surface area contributed by atoms with Crippen LogP contribution in [0.15, 0.2) is 48.8 Å². The first-order chi connectivity index (χ1) is 17.0. The Morgan fingerprint density at radius 1 is 1.11 bits per heavy atom. The fourth-order valence-corrected chi connectivity index (χ4v) is 4.83. The van der Waals surface area contributed by atoms with E-state index in [1.165, 1.54) is 12.5 Å². The van der Waals surface area contributed by atoms with Gasteiger partial charge in [0, 0.05) is 43.5 Å². The fourth-order valence-electron chi connectivity index (χ4n) is 4.83. The van der Waals surface area contributed by atoms with Gasteiger partial charge in [-0.1, -0.05) is 39.8 Å². The number of carbonyl (C=O) groups is 3. The Morgan fingerprint density at radius 3 is 2.46 bits per heavy atom. The average Bonchev–Trinajstić information content (AvgIpc) is 3.26. The molecule has 1 aromatic carbocycles. The number of likely N-dealkylation sites (tertiary alicyclic amines) is 1. The minimum atomic E-state index is -0.403. The number of cyclic esters (lactones) is 1. The van der Waals surface area contributed by atoms with E-state index in [0.29, 0.717) is 31.1 Å². The lowest BCUT2D eigenvalue weighted by atomic mass is 9.94. The third-order valence-electron chi connectivity index (χ3n) is 6.55. The molecule has 3 unspecified atom stereocenters. The number of nitrogens with one attached hydrogen (secondary N) is 1. The molecule has 2 aromatic rings. The largest absolute Gasteiger partial charge is 0.442 e. The van der Waals surface area contributed by atoms with Crippen molar-refractivity contribution in [1.82, 2.24) is 15.2 Å².